The first kappa shape index (κ1) is 19.6. The molecule has 28 heavy (non-hydrogen) atoms. The molecule has 0 aliphatic carbocycles. The summed E-state index contributed by atoms with van der Waals surface area (Å²) in [4.78, 5) is 24.5. The van der Waals surface area contributed by atoms with Gasteiger partial charge in [0.2, 0.25) is 0 Å². The highest BCUT2D eigenvalue weighted by molar-refractivity contribution is 6.30. The number of rotatable bonds is 6. The van der Waals surface area contributed by atoms with Crippen LogP contribution in [0.15, 0.2) is 72.8 Å². The topological polar surface area (TPSA) is 58.2 Å². The summed E-state index contributed by atoms with van der Waals surface area (Å²) in [6.45, 7) is 2.90. The second kappa shape index (κ2) is 9.20. The number of carbonyl (C=O) groups is 2. The average molecular weight is 393 g/mol. The SMILES string of the molecule is Cc1ccc(CNC(=O)c2ccc(C(=O)NCc3ccc(Cl)cc3)cc2)cc1. The predicted molar refractivity (Wildman–Crippen MR) is 111 cm³/mol. The monoisotopic (exact) mass is 392 g/mol. The lowest BCUT2D eigenvalue weighted by molar-refractivity contribution is 0.0939. The molecule has 0 radical (unpaired) electrons. The van der Waals surface area contributed by atoms with E-state index < -0.39 is 0 Å². The van der Waals surface area contributed by atoms with E-state index >= 15 is 0 Å². The third kappa shape index (κ3) is 5.44. The van der Waals surface area contributed by atoms with E-state index in [1.807, 2.05) is 43.3 Å². The van der Waals surface area contributed by atoms with Crippen LogP contribution in [-0.2, 0) is 13.1 Å². The van der Waals surface area contributed by atoms with Gasteiger partial charge in [0.25, 0.3) is 11.8 Å². The molecule has 0 saturated carbocycles. The van der Waals surface area contributed by atoms with E-state index in [0.29, 0.717) is 29.2 Å². The number of amides is 2. The maximum atomic E-state index is 12.3. The van der Waals surface area contributed by atoms with E-state index in [0.717, 1.165) is 11.1 Å². The van der Waals surface area contributed by atoms with Crippen molar-refractivity contribution in [3.63, 3.8) is 0 Å². The lowest BCUT2D eigenvalue weighted by Gasteiger charge is -2.08. The Hall–Kier alpha value is -3.11. The maximum absolute atomic E-state index is 12.3. The summed E-state index contributed by atoms with van der Waals surface area (Å²) in [7, 11) is 0. The van der Waals surface area contributed by atoms with Gasteiger partial charge in [-0.3, -0.25) is 9.59 Å². The summed E-state index contributed by atoms with van der Waals surface area (Å²) in [5.74, 6) is -0.365. The first-order valence-electron chi connectivity index (χ1n) is 8.98. The molecule has 0 unspecified atom stereocenters. The highest BCUT2D eigenvalue weighted by atomic mass is 35.5. The first-order chi connectivity index (χ1) is 13.5. The molecule has 0 saturated heterocycles. The van der Waals surface area contributed by atoms with Gasteiger partial charge in [0.15, 0.2) is 0 Å². The molecule has 4 nitrogen and oxygen atoms in total. The minimum absolute atomic E-state index is 0.173. The molecular formula is C23H21ClN2O2. The van der Waals surface area contributed by atoms with Gasteiger partial charge in [-0.15, -0.1) is 0 Å². The Morgan fingerprint density at radius 3 is 1.50 bits per heavy atom. The number of hydrogen-bond acceptors (Lipinski definition) is 2. The number of carbonyl (C=O) groups excluding carboxylic acids is 2. The third-order valence-electron chi connectivity index (χ3n) is 4.35. The highest BCUT2D eigenvalue weighted by Gasteiger charge is 2.09. The van der Waals surface area contributed by atoms with Crippen molar-refractivity contribution >= 4 is 23.4 Å². The zero-order valence-corrected chi connectivity index (χ0v) is 16.3. The molecule has 5 heteroatoms. The van der Waals surface area contributed by atoms with Crippen LogP contribution in [0.4, 0.5) is 0 Å². The summed E-state index contributed by atoms with van der Waals surface area (Å²) in [6.07, 6.45) is 0. The van der Waals surface area contributed by atoms with Gasteiger partial charge in [0, 0.05) is 29.2 Å². The number of benzene rings is 3. The van der Waals surface area contributed by atoms with E-state index in [2.05, 4.69) is 10.6 Å². The zero-order chi connectivity index (χ0) is 19.9. The van der Waals surface area contributed by atoms with Gasteiger partial charge in [0.1, 0.15) is 0 Å². The molecule has 3 rings (SSSR count). The zero-order valence-electron chi connectivity index (χ0n) is 15.5. The van der Waals surface area contributed by atoms with Crippen molar-refractivity contribution in [1.82, 2.24) is 10.6 Å². The van der Waals surface area contributed by atoms with Crippen LogP contribution in [0.5, 0.6) is 0 Å². The Balaban J connectivity index is 1.53. The van der Waals surface area contributed by atoms with Crippen molar-refractivity contribution in [3.05, 3.63) is 106 Å². The second-order valence-corrected chi connectivity index (χ2v) is 6.99. The van der Waals surface area contributed by atoms with Crippen LogP contribution in [0.2, 0.25) is 5.02 Å². The number of aryl methyl sites for hydroxylation is 1. The van der Waals surface area contributed by atoms with Gasteiger partial charge in [-0.1, -0.05) is 53.6 Å². The largest absolute Gasteiger partial charge is 0.348 e. The van der Waals surface area contributed by atoms with Crippen molar-refractivity contribution < 1.29 is 9.59 Å². The van der Waals surface area contributed by atoms with Crippen LogP contribution in [0.25, 0.3) is 0 Å². The van der Waals surface area contributed by atoms with Gasteiger partial charge in [-0.2, -0.15) is 0 Å². The Morgan fingerprint density at radius 1 is 0.679 bits per heavy atom. The highest BCUT2D eigenvalue weighted by Crippen LogP contribution is 2.10. The Bertz CT molecular complexity index is 869. The van der Waals surface area contributed by atoms with Gasteiger partial charge in [-0.05, 0) is 54.4 Å². The molecule has 0 fully saturated rings. The molecule has 0 aliphatic heterocycles. The van der Waals surface area contributed by atoms with Crippen LogP contribution in [0, 0.1) is 6.92 Å². The van der Waals surface area contributed by atoms with Crippen LogP contribution in [0.3, 0.4) is 0 Å². The fourth-order valence-corrected chi connectivity index (χ4v) is 2.78. The third-order valence-corrected chi connectivity index (χ3v) is 4.60. The van der Waals surface area contributed by atoms with Crippen molar-refractivity contribution in [3.8, 4) is 0 Å². The molecule has 3 aromatic rings. The second-order valence-electron chi connectivity index (χ2n) is 6.55. The first-order valence-corrected chi connectivity index (χ1v) is 9.35. The van der Waals surface area contributed by atoms with Gasteiger partial charge >= 0.3 is 0 Å². The molecule has 3 aromatic carbocycles. The van der Waals surface area contributed by atoms with Crippen molar-refractivity contribution in [1.29, 1.82) is 0 Å². The summed E-state index contributed by atoms with van der Waals surface area (Å²) < 4.78 is 0. The fourth-order valence-electron chi connectivity index (χ4n) is 2.65. The van der Waals surface area contributed by atoms with Crippen LogP contribution < -0.4 is 10.6 Å². The molecule has 0 atom stereocenters. The molecular weight excluding hydrogens is 372 g/mol. The van der Waals surface area contributed by atoms with Crippen LogP contribution in [-0.4, -0.2) is 11.8 Å². The molecule has 0 aliphatic rings. The molecule has 2 N–H and O–H groups in total. The number of hydrogen-bond donors (Lipinski definition) is 2. The van der Waals surface area contributed by atoms with E-state index in [-0.39, 0.29) is 11.8 Å². The number of halogens is 1. The van der Waals surface area contributed by atoms with Crippen molar-refractivity contribution in [2.24, 2.45) is 0 Å². The quantitative estimate of drug-likeness (QED) is 0.648. The Kier molecular flexibility index (Phi) is 6.45. The Morgan fingerprint density at radius 2 is 1.07 bits per heavy atom. The Labute approximate surface area is 169 Å². The van der Waals surface area contributed by atoms with E-state index in [4.69, 9.17) is 11.6 Å². The molecule has 2 amide bonds. The van der Waals surface area contributed by atoms with Crippen LogP contribution in [0.1, 0.15) is 37.4 Å². The summed E-state index contributed by atoms with van der Waals surface area (Å²) >= 11 is 5.85. The maximum Gasteiger partial charge on any atom is 0.251 e. The molecule has 0 aromatic heterocycles. The fraction of sp³-hybridized carbons (Fsp3) is 0.130. The predicted octanol–water partition coefficient (Wildman–Crippen LogP) is 4.51. The van der Waals surface area contributed by atoms with Crippen LogP contribution >= 0.6 is 11.6 Å². The standard InChI is InChI=1S/C23H21ClN2O2/c1-16-2-4-17(5-3-16)14-25-22(27)19-8-10-20(11-9-19)23(28)26-15-18-6-12-21(24)13-7-18/h2-13H,14-15H2,1H3,(H,25,27)(H,26,28). The van der Waals surface area contributed by atoms with E-state index in [1.165, 1.54) is 5.56 Å². The number of nitrogens with one attached hydrogen (secondary N) is 2. The minimum Gasteiger partial charge on any atom is -0.348 e. The van der Waals surface area contributed by atoms with E-state index in [1.54, 1.807) is 36.4 Å². The van der Waals surface area contributed by atoms with E-state index in [9.17, 15) is 9.59 Å². The smallest absolute Gasteiger partial charge is 0.251 e. The van der Waals surface area contributed by atoms with Gasteiger partial charge in [0.05, 0.1) is 0 Å². The van der Waals surface area contributed by atoms with Crippen molar-refractivity contribution in [2.75, 3.05) is 0 Å². The van der Waals surface area contributed by atoms with Crippen molar-refractivity contribution in [2.45, 2.75) is 20.0 Å². The summed E-state index contributed by atoms with van der Waals surface area (Å²) in [5.41, 5.74) is 4.20. The molecule has 142 valence electrons. The summed E-state index contributed by atoms with van der Waals surface area (Å²) in [6, 6.07) is 21.9. The average Bonchev–Trinajstić information content (AvgIpc) is 2.72. The lowest BCUT2D eigenvalue weighted by Crippen LogP contribution is -2.24. The van der Waals surface area contributed by atoms with Gasteiger partial charge < -0.3 is 10.6 Å². The van der Waals surface area contributed by atoms with Gasteiger partial charge in [-0.25, -0.2) is 0 Å². The lowest BCUT2D eigenvalue weighted by atomic mass is 10.1. The normalized spacial score (nSPS) is 10.4. The summed E-state index contributed by atoms with van der Waals surface area (Å²) in [5, 5.41) is 6.39. The molecule has 0 spiro atoms. The minimum atomic E-state index is -0.193. The molecule has 0 bridgehead atoms. The molecule has 0 heterocycles.